The van der Waals surface area contributed by atoms with Gasteiger partial charge < -0.3 is 9.57 Å². The fourth-order valence-corrected chi connectivity index (χ4v) is 2.53. The monoisotopic (exact) mass is 304 g/mol. The Morgan fingerprint density at radius 2 is 1.68 bits per heavy atom. The third-order valence-electron chi connectivity index (χ3n) is 3.87. The smallest absolute Gasteiger partial charge is 0.349 e. The Bertz CT molecular complexity index is 589. The van der Waals surface area contributed by atoms with Gasteiger partial charge in [0, 0.05) is 13.1 Å². The van der Waals surface area contributed by atoms with Crippen LogP contribution in [0.4, 0.5) is 0 Å². The van der Waals surface area contributed by atoms with Crippen LogP contribution >= 0.6 is 0 Å². The molecule has 0 N–H and O–H groups in total. The number of hydroxylamine groups is 2. The SMILES string of the molecule is CC(C(=O)ON1C(=O)c2ccccc2C1=O)N1CCOCC1. The van der Waals surface area contributed by atoms with E-state index in [0.29, 0.717) is 31.4 Å². The Kier molecular flexibility index (Phi) is 3.91. The summed E-state index contributed by atoms with van der Waals surface area (Å²) in [7, 11) is 0. The van der Waals surface area contributed by atoms with Gasteiger partial charge in [-0.15, -0.1) is 0 Å². The first kappa shape index (κ1) is 14.7. The van der Waals surface area contributed by atoms with Gasteiger partial charge in [0.15, 0.2) is 0 Å². The molecule has 2 aliphatic rings. The molecular formula is C15H16N2O5. The van der Waals surface area contributed by atoms with Crippen molar-refractivity contribution in [2.45, 2.75) is 13.0 Å². The van der Waals surface area contributed by atoms with Crippen molar-refractivity contribution < 1.29 is 24.0 Å². The molecule has 1 saturated heterocycles. The fourth-order valence-electron chi connectivity index (χ4n) is 2.53. The van der Waals surface area contributed by atoms with Gasteiger partial charge >= 0.3 is 5.97 Å². The number of hydrogen-bond acceptors (Lipinski definition) is 6. The second-order valence-electron chi connectivity index (χ2n) is 5.18. The lowest BCUT2D eigenvalue weighted by atomic mass is 10.1. The van der Waals surface area contributed by atoms with Gasteiger partial charge in [0.25, 0.3) is 11.8 Å². The van der Waals surface area contributed by atoms with Crippen molar-refractivity contribution in [3.8, 4) is 0 Å². The highest BCUT2D eigenvalue weighted by Gasteiger charge is 2.39. The summed E-state index contributed by atoms with van der Waals surface area (Å²) in [4.78, 5) is 43.4. The van der Waals surface area contributed by atoms with Crippen LogP contribution in [0.2, 0.25) is 0 Å². The van der Waals surface area contributed by atoms with E-state index in [1.807, 2.05) is 4.90 Å². The lowest BCUT2D eigenvalue weighted by Crippen LogP contribution is -2.48. The summed E-state index contributed by atoms with van der Waals surface area (Å²) < 4.78 is 5.23. The van der Waals surface area contributed by atoms with E-state index in [4.69, 9.17) is 9.57 Å². The van der Waals surface area contributed by atoms with Gasteiger partial charge in [-0.05, 0) is 19.1 Å². The molecule has 0 aliphatic carbocycles. The van der Waals surface area contributed by atoms with Gasteiger partial charge in [0.2, 0.25) is 0 Å². The van der Waals surface area contributed by atoms with E-state index in [-0.39, 0.29) is 11.1 Å². The summed E-state index contributed by atoms with van der Waals surface area (Å²) >= 11 is 0. The average molecular weight is 304 g/mol. The minimum Gasteiger partial charge on any atom is -0.379 e. The molecule has 0 saturated carbocycles. The summed E-state index contributed by atoms with van der Waals surface area (Å²) in [6.45, 7) is 4.00. The van der Waals surface area contributed by atoms with Crippen LogP contribution in [0.1, 0.15) is 27.6 Å². The second kappa shape index (κ2) is 5.86. The van der Waals surface area contributed by atoms with E-state index in [0.717, 1.165) is 0 Å². The van der Waals surface area contributed by atoms with Crippen molar-refractivity contribution in [2.75, 3.05) is 26.3 Å². The Morgan fingerprint density at radius 1 is 1.14 bits per heavy atom. The Labute approximate surface area is 127 Å². The maximum absolute atomic E-state index is 12.2. The molecule has 1 atom stereocenters. The number of fused-ring (bicyclic) bond motifs is 1. The average Bonchev–Trinajstić information content (AvgIpc) is 2.80. The number of nitrogens with zero attached hydrogens (tertiary/aromatic N) is 2. The van der Waals surface area contributed by atoms with E-state index in [2.05, 4.69) is 0 Å². The highest BCUT2D eigenvalue weighted by atomic mass is 16.7. The summed E-state index contributed by atoms with van der Waals surface area (Å²) in [6, 6.07) is 5.84. The van der Waals surface area contributed by atoms with Gasteiger partial charge in [0.1, 0.15) is 6.04 Å². The van der Waals surface area contributed by atoms with Crippen molar-refractivity contribution in [3.05, 3.63) is 35.4 Å². The molecule has 2 amide bonds. The van der Waals surface area contributed by atoms with E-state index < -0.39 is 23.8 Å². The highest BCUT2D eigenvalue weighted by Crippen LogP contribution is 2.23. The number of amides is 2. The molecule has 7 heteroatoms. The molecule has 2 heterocycles. The van der Waals surface area contributed by atoms with Crippen LogP contribution in [0, 0.1) is 0 Å². The molecule has 0 bridgehead atoms. The standard InChI is InChI=1S/C15H16N2O5/c1-10(16-6-8-21-9-7-16)15(20)22-17-13(18)11-4-2-3-5-12(11)14(17)19/h2-5,10H,6-9H2,1H3. The van der Waals surface area contributed by atoms with Crippen LogP contribution < -0.4 is 0 Å². The van der Waals surface area contributed by atoms with Crippen molar-refractivity contribution in [3.63, 3.8) is 0 Å². The van der Waals surface area contributed by atoms with E-state index >= 15 is 0 Å². The van der Waals surface area contributed by atoms with Crippen molar-refractivity contribution in [2.24, 2.45) is 0 Å². The molecule has 0 spiro atoms. The maximum atomic E-state index is 12.2. The summed E-state index contributed by atoms with van der Waals surface area (Å²) in [5.41, 5.74) is 0.499. The summed E-state index contributed by atoms with van der Waals surface area (Å²) in [5, 5.41) is 0.546. The Morgan fingerprint density at radius 3 is 2.23 bits per heavy atom. The highest BCUT2D eigenvalue weighted by molar-refractivity contribution is 6.20. The number of benzene rings is 1. The minimum absolute atomic E-state index is 0.249. The summed E-state index contributed by atoms with van der Waals surface area (Å²) in [6.07, 6.45) is 0. The molecule has 1 aromatic rings. The van der Waals surface area contributed by atoms with Crippen LogP contribution in [-0.2, 0) is 14.4 Å². The van der Waals surface area contributed by atoms with E-state index in [1.165, 1.54) is 12.1 Å². The largest absolute Gasteiger partial charge is 0.379 e. The van der Waals surface area contributed by atoms with Crippen molar-refractivity contribution in [1.82, 2.24) is 9.96 Å². The number of morpholine rings is 1. The van der Waals surface area contributed by atoms with Crippen LogP contribution in [0.3, 0.4) is 0 Å². The molecule has 1 aromatic carbocycles. The molecule has 116 valence electrons. The number of ether oxygens (including phenoxy) is 1. The number of imide groups is 1. The third kappa shape index (κ3) is 2.49. The second-order valence-corrected chi connectivity index (χ2v) is 5.18. The molecular weight excluding hydrogens is 288 g/mol. The van der Waals surface area contributed by atoms with Gasteiger partial charge in [-0.1, -0.05) is 17.2 Å². The lowest BCUT2D eigenvalue weighted by molar-refractivity contribution is -0.175. The maximum Gasteiger partial charge on any atom is 0.349 e. The van der Waals surface area contributed by atoms with Gasteiger partial charge in [-0.25, -0.2) is 4.79 Å². The van der Waals surface area contributed by atoms with Gasteiger partial charge in [-0.2, -0.15) is 0 Å². The van der Waals surface area contributed by atoms with Crippen molar-refractivity contribution >= 4 is 17.8 Å². The number of rotatable bonds is 3. The molecule has 0 radical (unpaired) electrons. The zero-order valence-corrected chi connectivity index (χ0v) is 12.2. The normalized spacial score (nSPS) is 20.0. The van der Waals surface area contributed by atoms with E-state index in [9.17, 15) is 14.4 Å². The third-order valence-corrected chi connectivity index (χ3v) is 3.87. The molecule has 2 aliphatic heterocycles. The van der Waals surface area contributed by atoms with E-state index in [1.54, 1.807) is 19.1 Å². The topological polar surface area (TPSA) is 76.2 Å². The number of carbonyl (C=O) groups excluding carboxylic acids is 3. The Hall–Kier alpha value is -2.25. The summed E-state index contributed by atoms with van der Waals surface area (Å²) in [5.74, 6) is -1.84. The molecule has 1 fully saturated rings. The van der Waals surface area contributed by atoms with Crippen LogP contribution in [0.5, 0.6) is 0 Å². The first-order chi connectivity index (χ1) is 10.6. The molecule has 22 heavy (non-hydrogen) atoms. The first-order valence-electron chi connectivity index (χ1n) is 7.11. The molecule has 1 unspecified atom stereocenters. The van der Waals surface area contributed by atoms with Crippen LogP contribution in [0.15, 0.2) is 24.3 Å². The quantitative estimate of drug-likeness (QED) is 0.755. The fraction of sp³-hybridized carbons (Fsp3) is 0.400. The number of hydrogen-bond donors (Lipinski definition) is 0. The van der Waals surface area contributed by atoms with Gasteiger partial charge in [0.05, 0.1) is 24.3 Å². The molecule has 7 nitrogen and oxygen atoms in total. The predicted octanol–water partition coefficient (Wildman–Crippen LogP) is 0.462. The zero-order valence-electron chi connectivity index (χ0n) is 12.2. The van der Waals surface area contributed by atoms with Gasteiger partial charge in [-0.3, -0.25) is 14.5 Å². The Balaban J connectivity index is 1.70. The molecule has 3 rings (SSSR count). The number of carbonyl (C=O) groups is 3. The predicted molar refractivity (Wildman–Crippen MR) is 74.9 cm³/mol. The van der Waals surface area contributed by atoms with Crippen molar-refractivity contribution in [1.29, 1.82) is 0 Å². The first-order valence-corrected chi connectivity index (χ1v) is 7.11. The minimum atomic E-state index is -0.628. The van der Waals surface area contributed by atoms with Crippen LogP contribution in [0.25, 0.3) is 0 Å². The van der Waals surface area contributed by atoms with Crippen LogP contribution in [-0.4, -0.2) is 60.1 Å². The zero-order chi connectivity index (χ0) is 15.7. The molecule has 0 aromatic heterocycles. The lowest BCUT2D eigenvalue weighted by Gasteiger charge is -2.31.